The van der Waals surface area contributed by atoms with Crippen LogP contribution >= 0.6 is 0 Å². The van der Waals surface area contributed by atoms with Gasteiger partial charge in [-0.1, -0.05) is 109 Å². The van der Waals surface area contributed by atoms with Crippen LogP contribution in [0.25, 0.3) is 34.4 Å². The molecule has 0 bridgehead atoms. The maximum absolute atomic E-state index is 11.6. The van der Waals surface area contributed by atoms with Gasteiger partial charge in [-0.2, -0.15) is 0 Å². The normalized spacial score (nSPS) is 16.7. The summed E-state index contributed by atoms with van der Waals surface area (Å²) in [6.45, 7) is 9.12. The van der Waals surface area contributed by atoms with Crippen molar-refractivity contribution in [2.45, 2.75) is 52.4 Å². The van der Waals surface area contributed by atoms with Crippen LogP contribution in [0.4, 0.5) is 0 Å². The van der Waals surface area contributed by atoms with Gasteiger partial charge in [-0.05, 0) is 103 Å². The second-order valence-corrected chi connectivity index (χ2v) is 13.5. The third kappa shape index (κ3) is 8.31. The molecule has 2 unspecified atom stereocenters. The van der Waals surface area contributed by atoms with Crippen molar-refractivity contribution in [3.05, 3.63) is 143 Å². The van der Waals surface area contributed by atoms with Crippen LogP contribution in [0.1, 0.15) is 48.8 Å². The van der Waals surface area contributed by atoms with Gasteiger partial charge in [0.15, 0.2) is 0 Å². The van der Waals surface area contributed by atoms with E-state index in [1.54, 1.807) is 6.07 Å². The first-order chi connectivity index (χ1) is 24.4. The lowest BCUT2D eigenvalue weighted by molar-refractivity contribution is 0.105. The van der Waals surface area contributed by atoms with Gasteiger partial charge in [0.25, 0.3) is 0 Å². The molecule has 0 saturated heterocycles. The van der Waals surface area contributed by atoms with Gasteiger partial charge in [0.1, 0.15) is 23.0 Å². The molecule has 1 aliphatic rings. The van der Waals surface area contributed by atoms with Crippen molar-refractivity contribution in [2.75, 3.05) is 13.2 Å². The Morgan fingerprint density at radius 2 is 1.20 bits per heavy atom. The fourth-order valence-electron chi connectivity index (χ4n) is 7.14. The van der Waals surface area contributed by atoms with Gasteiger partial charge in [0.2, 0.25) is 0 Å². The summed E-state index contributed by atoms with van der Waals surface area (Å²) in [6.07, 6.45) is 12.2. The van der Waals surface area contributed by atoms with Gasteiger partial charge < -0.3 is 19.7 Å². The monoisotopic (exact) mass is 664 g/mol. The second kappa shape index (κ2) is 16.5. The van der Waals surface area contributed by atoms with E-state index in [4.69, 9.17) is 9.47 Å². The number of hydrogen-bond donors (Lipinski definition) is 2. The van der Waals surface area contributed by atoms with Crippen molar-refractivity contribution >= 4 is 12.2 Å². The number of benzene rings is 5. The zero-order chi connectivity index (χ0) is 34.9. The molecule has 50 heavy (non-hydrogen) atoms. The first-order valence-electron chi connectivity index (χ1n) is 17.8. The number of aryl methyl sites for hydroxylation is 2. The van der Waals surface area contributed by atoms with Crippen molar-refractivity contribution in [1.29, 1.82) is 0 Å². The van der Waals surface area contributed by atoms with Crippen molar-refractivity contribution < 1.29 is 19.7 Å². The van der Waals surface area contributed by atoms with E-state index in [9.17, 15) is 10.2 Å². The SMILES string of the molecule is C=CC/C=c1/cccc/c1=C\Cc1cc(C)cc(-c2ccccc2OCC2CCCCC2COc2ccccc2-c2cc(C)ccc2O)c1O. The molecule has 5 aromatic rings. The number of ether oxygens (including phenoxy) is 2. The average Bonchev–Trinajstić information content (AvgIpc) is 3.14. The Balaban J connectivity index is 1.19. The van der Waals surface area contributed by atoms with Crippen molar-refractivity contribution in [1.82, 2.24) is 0 Å². The molecule has 4 heteroatoms. The molecular formula is C46H48O4. The Hall–Kier alpha value is -5.22. The van der Waals surface area contributed by atoms with Crippen LogP contribution in [-0.4, -0.2) is 23.4 Å². The Morgan fingerprint density at radius 3 is 1.84 bits per heavy atom. The summed E-state index contributed by atoms with van der Waals surface area (Å²) in [7, 11) is 0. The number of allylic oxidation sites excluding steroid dienone is 1. The Kier molecular flexibility index (Phi) is 11.4. The smallest absolute Gasteiger partial charge is 0.127 e. The van der Waals surface area contributed by atoms with Gasteiger partial charge in [-0.3, -0.25) is 0 Å². The number of phenols is 2. The fourth-order valence-corrected chi connectivity index (χ4v) is 7.14. The van der Waals surface area contributed by atoms with E-state index in [1.165, 1.54) is 18.1 Å². The lowest BCUT2D eigenvalue weighted by Crippen LogP contribution is -2.30. The van der Waals surface area contributed by atoms with Crippen LogP contribution in [0.3, 0.4) is 0 Å². The summed E-state index contributed by atoms with van der Waals surface area (Å²) in [6, 6.07) is 34.1. The highest BCUT2D eigenvalue weighted by Gasteiger charge is 2.27. The Bertz CT molecular complexity index is 2060. The van der Waals surface area contributed by atoms with Gasteiger partial charge in [-0.15, -0.1) is 6.58 Å². The van der Waals surface area contributed by atoms with Crippen LogP contribution in [0.15, 0.2) is 116 Å². The van der Waals surface area contributed by atoms with E-state index in [0.29, 0.717) is 31.5 Å². The zero-order valence-electron chi connectivity index (χ0n) is 29.3. The minimum atomic E-state index is 0.252. The summed E-state index contributed by atoms with van der Waals surface area (Å²) in [5.74, 6) is 2.78. The first-order valence-corrected chi connectivity index (χ1v) is 17.8. The van der Waals surface area contributed by atoms with Crippen molar-refractivity contribution in [3.63, 3.8) is 0 Å². The molecule has 5 aromatic carbocycles. The van der Waals surface area contributed by atoms with Crippen molar-refractivity contribution in [2.24, 2.45) is 11.8 Å². The Morgan fingerprint density at radius 1 is 0.640 bits per heavy atom. The third-order valence-corrected chi connectivity index (χ3v) is 9.85. The van der Waals surface area contributed by atoms with Gasteiger partial charge >= 0.3 is 0 Å². The van der Waals surface area contributed by atoms with E-state index in [-0.39, 0.29) is 11.5 Å². The maximum atomic E-state index is 11.6. The molecule has 4 nitrogen and oxygen atoms in total. The standard InChI is InChI=1S/C46H48O4/c1-4-5-14-34-15-6-7-16-35(34)24-25-36-27-33(3)29-42(46(36)48)40-20-11-13-22-45(40)50-31-38-18-9-8-17-37(38)30-49-44-21-12-10-19-39(44)41-28-32(2)23-26-43(41)47/h4,6-7,10-16,19-24,26-29,37-38,47-48H,1,5,8-9,17-18,25,30-31H2,2-3H3/b34-14-,35-24+. The number of hydrogen-bond acceptors (Lipinski definition) is 4. The van der Waals surface area contributed by atoms with E-state index in [1.807, 2.05) is 91.9 Å². The molecule has 6 rings (SSSR count). The summed E-state index contributed by atoms with van der Waals surface area (Å²) >= 11 is 0. The molecule has 1 aliphatic carbocycles. The minimum absolute atomic E-state index is 0.252. The quantitative estimate of drug-likeness (QED) is 0.130. The van der Waals surface area contributed by atoms with E-state index in [0.717, 1.165) is 74.9 Å². The van der Waals surface area contributed by atoms with Crippen LogP contribution in [0.5, 0.6) is 23.0 Å². The molecule has 0 amide bonds. The maximum Gasteiger partial charge on any atom is 0.127 e. The van der Waals surface area contributed by atoms with E-state index in [2.05, 4.69) is 43.9 Å². The molecule has 1 saturated carbocycles. The Labute approximate surface area is 296 Å². The molecule has 256 valence electrons. The van der Waals surface area contributed by atoms with E-state index >= 15 is 0 Å². The summed E-state index contributed by atoms with van der Waals surface area (Å²) < 4.78 is 13.1. The predicted octanol–water partition coefficient (Wildman–Crippen LogP) is 9.69. The number of rotatable bonds is 12. The third-order valence-electron chi connectivity index (χ3n) is 9.85. The number of phenolic OH excluding ortho intramolecular Hbond substituents is 2. The molecule has 1 fully saturated rings. The average molecular weight is 665 g/mol. The first kappa shape index (κ1) is 34.6. The highest BCUT2D eigenvalue weighted by molar-refractivity contribution is 5.78. The lowest BCUT2D eigenvalue weighted by Gasteiger charge is -2.32. The van der Waals surface area contributed by atoms with Gasteiger partial charge in [0, 0.05) is 22.3 Å². The van der Waals surface area contributed by atoms with Crippen LogP contribution in [-0.2, 0) is 6.42 Å². The van der Waals surface area contributed by atoms with Crippen LogP contribution in [0, 0.1) is 25.7 Å². The minimum Gasteiger partial charge on any atom is -0.507 e. The number of aromatic hydroxyl groups is 2. The summed E-state index contributed by atoms with van der Waals surface area (Å²) in [5.41, 5.74) is 6.43. The molecule has 2 N–H and O–H groups in total. The molecule has 0 radical (unpaired) electrons. The summed E-state index contributed by atoms with van der Waals surface area (Å²) in [5, 5.41) is 24.6. The van der Waals surface area contributed by atoms with Crippen molar-refractivity contribution in [3.8, 4) is 45.3 Å². The highest BCUT2D eigenvalue weighted by atomic mass is 16.5. The van der Waals surface area contributed by atoms with E-state index < -0.39 is 0 Å². The van der Waals surface area contributed by atoms with Crippen LogP contribution in [0.2, 0.25) is 0 Å². The molecule has 0 aromatic heterocycles. The molecule has 2 atom stereocenters. The molecule has 0 heterocycles. The topological polar surface area (TPSA) is 58.9 Å². The van der Waals surface area contributed by atoms with Gasteiger partial charge in [-0.25, -0.2) is 0 Å². The lowest BCUT2D eigenvalue weighted by atomic mass is 9.80. The molecule has 0 aliphatic heterocycles. The second-order valence-electron chi connectivity index (χ2n) is 13.5. The highest BCUT2D eigenvalue weighted by Crippen LogP contribution is 2.41. The fraction of sp³-hybridized carbons (Fsp3) is 0.261. The largest absolute Gasteiger partial charge is 0.507 e. The molecule has 0 spiro atoms. The molecular weight excluding hydrogens is 617 g/mol. The zero-order valence-corrected chi connectivity index (χ0v) is 29.3. The summed E-state index contributed by atoms with van der Waals surface area (Å²) in [4.78, 5) is 0. The predicted molar refractivity (Wildman–Crippen MR) is 206 cm³/mol. The van der Waals surface area contributed by atoms with Gasteiger partial charge in [0.05, 0.1) is 13.2 Å². The van der Waals surface area contributed by atoms with Crippen LogP contribution < -0.4 is 19.9 Å². The number of para-hydroxylation sites is 2.